The number of hydrogen-bond acceptors (Lipinski definition) is 6. The number of aromatic nitrogens is 2. The topological polar surface area (TPSA) is 67.8 Å². The third kappa shape index (κ3) is 4.61. The summed E-state index contributed by atoms with van der Waals surface area (Å²) in [5, 5.41) is 0. The molecule has 176 valence electrons. The summed E-state index contributed by atoms with van der Waals surface area (Å²) < 4.78 is 11.6. The number of carbonyl (C=O) groups is 1. The zero-order valence-electron chi connectivity index (χ0n) is 20.0. The first kappa shape index (κ1) is 22.3. The Morgan fingerprint density at radius 1 is 0.971 bits per heavy atom. The summed E-state index contributed by atoms with van der Waals surface area (Å²) in [5.74, 6) is 2.08. The van der Waals surface area contributed by atoms with Crippen molar-refractivity contribution in [2.24, 2.45) is 0 Å². The number of nitrogens with zero attached hydrogens (tertiary/aromatic N) is 4. The van der Waals surface area contributed by atoms with Crippen LogP contribution in [-0.4, -0.2) is 54.3 Å². The molecule has 2 aliphatic heterocycles. The van der Waals surface area contributed by atoms with Gasteiger partial charge in [-0.2, -0.15) is 4.98 Å². The summed E-state index contributed by atoms with van der Waals surface area (Å²) in [6.07, 6.45) is 0.705. The highest BCUT2D eigenvalue weighted by Gasteiger charge is 2.32. The van der Waals surface area contributed by atoms with E-state index in [2.05, 4.69) is 4.90 Å². The van der Waals surface area contributed by atoms with E-state index in [9.17, 15) is 4.79 Å². The van der Waals surface area contributed by atoms with Crippen molar-refractivity contribution in [2.45, 2.75) is 32.8 Å². The maximum atomic E-state index is 13.4. The molecule has 3 aromatic rings. The fourth-order valence-electron chi connectivity index (χ4n) is 4.38. The van der Waals surface area contributed by atoms with Crippen LogP contribution in [0.2, 0.25) is 0 Å². The Bertz CT molecular complexity index is 1180. The van der Waals surface area contributed by atoms with E-state index >= 15 is 0 Å². The van der Waals surface area contributed by atoms with Crippen LogP contribution in [0.25, 0.3) is 11.3 Å². The van der Waals surface area contributed by atoms with Gasteiger partial charge in [0.05, 0.1) is 18.9 Å². The van der Waals surface area contributed by atoms with Gasteiger partial charge in [-0.05, 0) is 51.5 Å². The first-order valence-electron chi connectivity index (χ1n) is 11.8. The molecular weight excluding hydrogens is 428 g/mol. The number of hydrogen-bond donors (Lipinski definition) is 0. The number of fused-ring (bicyclic) bond motifs is 1. The van der Waals surface area contributed by atoms with Gasteiger partial charge in [-0.25, -0.2) is 4.98 Å². The Labute approximate surface area is 200 Å². The molecule has 1 fully saturated rings. The van der Waals surface area contributed by atoms with Crippen molar-refractivity contribution in [3.63, 3.8) is 0 Å². The molecule has 3 heterocycles. The Morgan fingerprint density at radius 2 is 1.74 bits per heavy atom. The van der Waals surface area contributed by atoms with Crippen LogP contribution in [0.15, 0.2) is 54.6 Å². The Balaban J connectivity index is 1.59. The standard InChI is InChI=1S/C27H30N4O3/c1-27(2,3)34-21-11-7-10-20(18-21)23-22-12-13-31(25(32)19-8-5-4-6-9-19)24(22)29-26(28-23)30-14-16-33-17-15-30/h4-11,18H,12-17H2,1-3H3. The zero-order chi connectivity index (χ0) is 23.7. The van der Waals surface area contributed by atoms with Crippen LogP contribution >= 0.6 is 0 Å². The Kier molecular flexibility index (Phi) is 5.96. The van der Waals surface area contributed by atoms with Gasteiger partial charge in [0, 0.05) is 36.3 Å². The lowest BCUT2D eigenvalue weighted by atomic mass is 10.0. The number of ether oxygens (including phenoxy) is 2. The number of amides is 1. The number of morpholine rings is 1. The monoisotopic (exact) mass is 458 g/mol. The van der Waals surface area contributed by atoms with Crippen molar-refractivity contribution in [3.8, 4) is 17.0 Å². The van der Waals surface area contributed by atoms with Gasteiger partial charge < -0.3 is 14.4 Å². The molecule has 0 bridgehead atoms. The molecule has 0 saturated carbocycles. The van der Waals surface area contributed by atoms with Crippen LogP contribution in [0.4, 0.5) is 11.8 Å². The van der Waals surface area contributed by atoms with Crippen LogP contribution in [0.3, 0.4) is 0 Å². The molecule has 0 N–H and O–H groups in total. The van der Waals surface area contributed by atoms with E-state index in [-0.39, 0.29) is 11.5 Å². The van der Waals surface area contributed by atoms with Crippen molar-refractivity contribution in [2.75, 3.05) is 42.6 Å². The van der Waals surface area contributed by atoms with Gasteiger partial charge in [0.15, 0.2) is 0 Å². The van der Waals surface area contributed by atoms with E-state index in [4.69, 9.17) is 19.4 Å². The third-order valence-corrected chi connectivity index (χ3v) is 5.91. The molecule has 7 heteroatoms. The van der Waals surface area contributed by atoms with E-state index in [1.54, 1.807) is 4.90 Å². The molecule has 2 aromatic carbocycles. The van der Waals surface area contributed by atoms with Crippen molar-refractivity contribution in [1.82, 2.24) is 9.97 Å². The molecule has 2 aliphatic rings. The van der Waals surface area contributed by atoms with Gasteiger partial charge in [0.1, 0.15) is 17.2 Å². The van der Waals surface area contributed by atoms with Crippen molar-refractivity contribution in [1.29, 1.82) is 0 Å². The number of rotatable bonds is 4. The smallest absolute Gasteiger partial charge is 0.259 e. The zero-order valence-corrected chi connectivity index (χ0v) is 20.0. The fraction of sp³-hybridized carbons (Fsp3) is 0.370. The molecule has 0 aliphatic carbocycles. The number of benzene rings is 2. The minimum absolute atomic E-state index is 0.0401. The van der Waals surface area contributed by atoms with Crippen LogP contribution in [0, 0.1) is 0 Å². The predicted octanol–water partition coefficient (Wildman–Crippen LogP) is 4.36. The summed E-state index contributed by atoms with van der Waals surface area (Å²) in [6.45, 7) is 9.39. The van der Waals surface area contributed by atoms with Crippen molar-refractivity contribution in [3.05, 3.63) is 65.7 Å². The average Bonchev–Trinajstić information content (AvgIpc) is 3.27. The predicted molar refractivity (Wildman–Crippen MR) is 133 cm³/mol. The largest absolute Gasteiger partial charge is 0.488 e. The Hall–Kier alpha value is -3.45. The normalized spacial score (nSPS) is 15.9. The summed E-state index contributed by atoms with van der Waals surface area (Å²) in [6, 6.07) is 17.4. The first-order chi connectivity index (χ1) is 16.4. The van der Waals surface area contributed by atoms with E-state index in [1.165, 1.54) is 0 Å². The van der Waals surface area contributed by atoms with E-state index in [0.29, 0.717) is 43.5 Å². The molecule has 0 spiro atoms. The molecule has 34 heavy (non-hydrogen) atoms. The van der Waals surface area contributed by atoms with Gasteiger partial charge in [-0.3, -0.25) is 9.69 Å². The molecular formula is C27H30N4O3. The molecule has 5 rings (SSSR count). The second-order valence-corrected chi connectivity index (χ2v) is 9.59. The van der Waals surface area contributed by atoms with E-state index in [0.717, 1.165) is 35.7 Å². The molecule has 0 unspecified atom stereocenters. The van der Waals surface area contributed by atoms with E-state index < -0.39 is 0 Å². The quantitative estimate of drug-likeness (QED) is 0.579. The van der Waals surface area contributed by atoms with Crippen LogP contribution in [0.5, 0.6) is 5.75 Å². The lowest BCUT2D eigenvalue weighted by Gasteiger charge is -2.28. The second-order valence-electron chi connectivity index (χ2n) is 9.59. The van der Waals surface area contributed by atoms with Gasteiger partial charge in [0.25, 0.3) is 5.91 Å². The highest BCUT2D eigenvalue weighted by molar-refractivity contribution is 6.07. The first-order valence-corrected chi connectivity index (χ1v) is 11.8. The lowest BCUT2D eigenvalue weighted by Crippen LogP contribution is -2.38. The number of carbonyl (C=O) groups excluding carboxylic acids is 1. The highest BCUT2D eigenvalue weighted by atomic mass is 16.5. The minimum Gasteiger partial charge on any atom is -0.488 e. The van der Waals surface area contributed by atoms with Crippen molar-refractivity contribution < 1.29 is 14.3 Å². The van der Waals surface area contributed by atoms with Gasteiger partial charge in [-0.15, -0.1) is 0 Å². The molecule has 0 radical (unpaired) electrons. The average molecular weight is 459 g/mol. The van der Waals surface area contributed by atoms with Crippen LogP contribution in [0.1, 0.15) is 36.7 Å². The van der Waals surface area contributed by atoms with Gasteiger partial charge in [0.2, 0.25) is 5.95 Å². The summed E-state index contributed by atoms with van der Waals surface area (Å²) in [7, 11) is 0. The summed E-state index contributed by atoms with van der Waals surface area (Å²) >= 11 is 0. The highest BCUT2D eigenvalue weighted by Crippen LogP contribution is 2.37. The molecule has 7 nitrogen and oxygen atoms in total. The minimum atomic E-state index is -0.301. The molecule has 1 amide bonds. The van der Waals surface area contributed by atoms with Crippen LogP contribution < -0.4 is 14.5 Å². The maximum absolute atomic E-state index is 13.4. The third-order valence-electron chi connectivity index (χ3n) is 5.91. The molecule has 0 atom stereocenters. The fourth-order valence-corrected chi connectivity index (χ4v) is 4.38. The molecule has 1 aromatic heterocycles. The van der Waals surface area contributed by atoms with Gasteiger partial charge in [-0.1, -0.05) is 30.3 Å². The van der Waals surface area contributed by atoms with Gasteiger partial charge >= 0.3 is 0 Å². The maximum Gasteiger partial charge on any atom is 0.259 e. The second kappa shape index (κ2) is 9.06. The van der Waals surface area contributed by atoms with Crippen molar-refractivity contribution >= 4 is 17.7 Å². The van der Waals surface area contributed by atoms with Crippen LogP contribution in [-0.2, 0) is 11.2 Å². The SMILES string of the molecule is CC(C)(C)Oc1cccc(-c2nc(N3CCOCC3)nc3c2CCN3C(=O)c2ccccc2)c1. The summed E-state index contributed by atoms with van der Waals surface area (Å²) in [4.78, 5) is 27.2. The summed E-state index contributed by atoms with van der Waals surface area (Å²) in [5.41, 5.74) is 3.17. The Morgan fingerprint density at radius 3 is 2.47 bits per heavy atom. The molecule has 1 saturated heterocycles. The lowest BCUT2D eigenvalue weighted by molar-refractivity contribution is 0.0988. The van der Waals surface area contributed by atoms with E-state index in [1.807, 2.05) is 75.4 Å². The number of anilines is 2.